The molecule has 0 radical (unpaired) electrons. The number of aliphatic hydroxyl groups excluding tert-OH is 1. The maximum atomic E-state index is 15.0. The molecule has 34 nitrogen and oxygen atoms in total. The van der Waals surface area contributed by atoms with Crippen molar-refractivity contribution in [3.8, 4) is 0 Å². The third-order valence-electron chi connectivity index (χ3n) is 17.8. The third kappa shape index (κ3) is 27.5. The average molecular weight is 1440 g/mol. The lowest BCUT2D eigenvalue weighted by Gasteiger charge is -2.35. The van der Waals surface area contributed by atoms with Gasteiger partial charge in [0.25, 0.3) is 0 Å². The number of benzene rings is 1. The lowest BCUT2D eigenvalue weighted by Crippen LogP contribution is -2.62. The van der Waals surface area contributed by atoms with Gasteiger partial charge in [-0.05, 0) is 120 Å². The Hall–Kier alpha value is -8.06. The molecule has 100 heavy (non-hydrogen) atoms. The molecule has 3 heterocycles. The Bertz CT molecular complexity index is 2950. The van der Waals surface area contributed by atoms with E-state index in [1.165, 1.54) is 9.80 Å². The van der Waals surface area contributed by atoms with Gasteiger partial charge in [0, 0.05) is 44.1 Å². The number of nitrogens with zero attached hydrogens (tertiary/aromatic N) is 4. The quantitative estimate of drug-likeness (QED) is 0.0149. The molecule has 0 unspecified atom stereocenters. The molecule has 14 atom stereocenters. The van der Waals surface area contributed by atoms with Gasteiger partial charge >= 0.3 is 0 Å². The van der Waals surface area contributed by atoms with Gasteiger partial charge in [-0.1, -0.05) is 92.5 Å². The number of hydrogen-bond donors (Lipinski definition) is 18. The monoisotopic (exact) mass is 1440 g/mol. The summed E-state index contributed by atoms with van der Waals surface area (Å²) in [5.41, 5.74) is 46.6. The van der Waals surface area contributed by atoms with E-state index in [1.54, 1.807) is 58.0 Å². The number of fused-ring (bicyclic) bond motifs is 2. The summed E-state index contributed by atoms with van der Waals surface area (Å²) >= 11 is 0. The van der Waals surface area contributed by atoms with E-state index < -0.39 is 162 Å². The van der Waals surface area contributed by atoms with E-state index in [2.05, 4.69) is 57.8 Å². The van der Waals surface area contributed by atoms with Crippen LogP contribution in [0.4, 0.5) is 0 Å². The van der Waals surface area contributed by atoms with Gasteiger partial charge in [-0.3, -0.25) is 67.5 Å². The minimum Gasteiger partial charge on any atom is -0.394 e. The van der Waals surface area contributed by atoms with Crippen LogP contribution in [0, 0.1) is 11.8 Å². The summed E-state index contributed by atoms with van der Waals surface area (Å²) in [6, 6.07) is -7.55. The molecule has 36 heteroatoms. The van der Waals surface area contributed by atoms with E-state index in [4.69, 9.17) is 45.9 Å². The molecular weight excluding hydrogens is 1330 g/mol. The summed E-state index contributed by atoms with van der Waals surface area (Å²) in [5.74, 6) is -12.0. The van der Waals surface area contributed by atoms with E-state index >= 15 is 4.79 Å². The van der Waals surface area contributed by atoms with Crippen LogP contribution < -0.4 is 93.7 Å². The van der Waals surface area contributed by atoms with Gasteiger partial charge in [-0.2, -0.15) is 0 Å². The van der Waals surface area contributed by atoms with Gasteiger partial charge in [0.1, 0.15) is 66.5 Å². The Morgan fingerprint density at radius 1 is 0.590 bits per heavy atom. The second-order valence-electron chi connectivity index (χ2n) is 25.5. The Kier molecular flexibility index (Phi) is 37.3. The summed E-state index contributed by atoms with van der Waals surface area (Å²) in [4.78, 5) is 185. The number of aliphatic hydroxyl groups is 1. The largest absolute Gasteiger partial charge is 0.394 e. The summed E-state index contributed by atoms with van der Waals surface area (Å²) in [5, 5.41) is 35.0. The van der Waals surface area contributed by atoms with Crippen LogP contribution >= 0.6 is 21.6 Å². The Morgan fingerprint density at radius 2 is 1.11 bits per heavy atom. The fourth-order valence-corrected chi connectivity index (χ4v) is 13.9. The van der Waals surface area contributed by atoms with Crippen LogP contribution in [0.5, 0.6) is 0 Å². The smallest absolute Gasteiger partial charge is 0.246 e. The van der Waals surface area contributed by atoms with Crippen molar-refractivity contribution >= 4 is 104 Å². The molecule has 0 aliphatic carbocycles. The number of hydrogen-bond acceptors (Lipinski definition) is 20. The van der Waals surface area contributed by atoms with E-state index in [-0.39, 0.29) is 133 Å². The maximum absolute atomic E-state index is 15.0. The topological polar surface area (TPSA) is 573 Å². The standard InChI is InChI=1S/C64H109N21O13S2/c1-5-36(3)49-60(96)81-46(58(94)78-43(51(68)87)32-38-18-8-7-9-19-38)35-100-99-34-45(80-55(91)42(23-15-29-74-64(71)72)75-52(88)39(67)20-14-28-73-63(69)70)57(93)77-40(21-10-12-26-65)53(89)76-41(22-11-13-27-66)54(90)79-44(33-86)56(92)83-50(37(4)6-2)62(98)85-31-17-25-48(85)61(97)84-30-16-24-47(84)59(95)82-49/h7-9,18-19,36-37,39-50,86H,5-6,10-17,20-35,65-67H2,1-4H3,(H2,68,87)(H,75,88)(H,76,89)(H,77,93)(H,78,94)(H,79,90)(H,80,91)(H,81,96)(H,82,95)(H,83,92)(H4,69,70,73)(H4,71,72,74)/t36-,37-,39-,40-,41-,42-,43-,44-,45-,46-,47-,48-,49-,50-/m0/s1. The van der Waals surface area contributed by atoms with E-state index in [0.717, 1.165) is 21.6 Å². The van der Waals surface area contributed by atoms with Crippen LogP contribution in [-0.4, -0.2) is 228 Å². The second kappa shape index (κ2) is 44.2. The van der Waals surface area contributed by atoms with Crippen molar-refractivity contribution in [2.24, 2.45) is 67.7 Å². The van der Waals surface area contributed by atoms with Gasteiger partial charge in [-0.15, -0.1) is 0 Å². The first kappa shape index (κ1) is 84.4. The zero-order valence-electron chi connectivity index (χ0n) is 57.9. The molecular formula is C64H109N21O13S2. The highest BCUT2D eigenvalue weighted by Gasteiger charge is 2.46. The highest BCUT2D eigenvalue weighted by molar-refractivity contribution is 8.76. The van der Waals surface area contributed by atoms with Gasteiger partial charge in [-0.25, -0.2) is 0 Å². The first-order chi connectivity index (χ1) is 47.7. The predicted molar refractivity (Wildman–Crippen MR) is 381 cm³/mol. The van der Waals surface area contributed by atoms with Crippen molar-refractivity contribution in [3.63, 3.8) is 0 Å². The predicted octanol–water partition coefficient (Wildman–Crippen LogP) is -4.77. The van der Waals surface area contributed by atoms with Crippen molar-refractivity contribution < 1.29 is 62.6 Å². The summed E-state index contributed by atoms with van der Waals surface area (Å²) < 4.78 is 0. The molecule has 3 saturated heterocycles. The highest BCUT2D eigenvalue weighted by atomic mass is 33.1. The molecule has 0 saturated carbocycles. The normalized spacial score (nSPS) is 24.2. The molecule has 1 aromatic carbocycles. The molecule has 0 spiro atoms. The lowest BCUT2D eigenvalue weighted by molar-refractivity contribution is -0.149. The van der Waals surface area contributed by atoms with Gasteiger partial charge < -0.3 is 109 Å². The number of carbonyl (C=O) groups is 12. The Balaban J connectivity index is 1.90. The SMILES string of the molecule is CC[C@H](C)[C@@H]1NC(=O)[C@@H]2CCCN2C(=O)[C@@H]2CCCN2C(=O)[C@H]([C@@H](C)CC)NC(=O)[C@H](CO)NC(=O)[C@H](CCCCN)NC(=O)[C@H](CCCCN)NC(=O)[C@@H](NC(=O)[C@H](CCCN=C(N)N)NC(=O)[C@@H](N)CCCN=C(N)N)CSSC[C@@H](C(=O)N[C@@H](Cc2ccccc2)C(N)=O)NC1=O. The molecule has 3 aliphatic heterocycles. The lowest BCUT2D eigenvalue weighted by atomic mass is 9.96. The first-order valence-corrected chi connectivity index (χ1v) is 37.0. The molecule has 560 valence electrons. The zero-order chi connectivity index (χ0) is 74.0. The average Bonchev–Trinajstić information content (AvgIpc) is 1.68. The molecule has 3 aliphatic rings. The summed E-state index contributed by atoms with van der Waals surface area (Å²) in [7, 11) is 1.88. The van der Waals surface area contributed by atoms with Crippen molar-refractivity contribution in [2.75, 3.05) is 57.4 Å². The molecule has 0 bridgehead atoms. The van der Waals surface area contributed by atoms with E-state index in [9.17, 15) is 57.8 Å². The summed E-state index contributed by atoms with van der Waals surface area (Å²) in [6.07, 6.45) is 3.43. The van der Waals surface area contributed by atoms with Crippen LogP contribution in [0.3, 0.4) is 0 Å². The number of rotatable bonds is 30. The number of carbonyl (C=O) groups excluding carboxylic acids is 12. The summed E-state index contributed by atoms with van der Waals surface area (Å²) in [6.45, 7) is 6.84. The highest BCUT2D eigenvalue weighted by Crippen LogP contribution is 2.28. The van der Waals surface area contributed by atoms with Crippen LogP contribution in [-0.2, 0) is 64.0 Å². The molecule has 0 aromatic heterocycles. The molecule has 3 fully saturated rings. The minimum atomic E-state index is -1.68. The maximum Gasteiger partial charge on any atom is 0.246 e. The zero-order valence-corrected chi connectivity index (χ0v) is 59.6. The fraction of sp³-hybridized carbons (Fsp3) is 0.688. The number of primary amides is 1. The number of amides is 12. The van der Waals surface area contributed by atoms with E-state index in [0.29, 0.717) is 44.1 Å². The van der Waals surface area contributed by atoms with Crippen molar-refractivity contribution in [1.29, 1.82) is 0 Å². The van der Waals surface area contributed by atoms with E-state index in [1.807, 2.05) is 0 Å². The second-order valence-corrected chi connectivity index (χ2v) is 28.0. The van der Waals surface area contributed by atoms with Crippen LogP contribution in [0.15, 0.2) is 40.3 Å². The number of aliphatic imine (C=N–C) groups is 2. The van der Waals surface area contributed by atoms with Crippen molar-refractivity contribution in [3.05, 3.63) is 35.9 Å². The third-order valence-corrected chi connectivity index (χ3v) is 20.3. The molecule has 26 N–H and O–H groups in total. The van der Waals surface area contributed by atoms with Gasteiger partial charge in [0.05, 0.1) is 12.6 Å². The first-order valence-electron chi connectivity index (χ1n) is 34.5. The van der Waals surface area contributed by atoms with Gasteiger partial charge in [0.15, 0.2) is 11.9 Å². The van der Waals surface area contributed by atoms with Crippen LogP contribution in [0.1, 0.15) is 136 Å². The number of unbranched alkanes of at least 4 members (excludes halogenated alkanes) is 2. The number of nitrogens with two attached hydrogens (primary N) is 8. The Morgan fingerprint density at radius 3 is 1.67 bits per heavy atom. The number of nitrogens with one attached hydrogen (secondary N) is 9. The van der Waals surface area contributed by atoms with Crippen LogP contribution in [0.2, 0.25) is 0 Å². The molecule has 4 rings (SSSR count). The fourth-order valence-electron chi connectivity index (χ4n) is 11.6. The van der Waals surface area contributed by atoms with Crippen molar-refractivity contribution in [1.82, 2.24) is 57.7 Å². The minimum absolute atomic E-state index is 0.0168. The molecule has 12 amide bonds. The molecule has 1 aromatic rings. The Labute approximate surface area is 592 Å². The van der Waals surface area contributed by atoms with Crippen LogP contribution in [0.25, 0.3) is 0 Å². The van der Waals surface area contributed by atoms with Gasteiger partial charge in [0.2, 0.25) is 70.9 Å². The number of guanidine groups is 2. The van der Waals surface area contributed by atoms with Crippen molar-refractivity contribution in [2.45, 2.75) is 209 Å².